The van der Waals surface area contributed by atoms with E-state index in [4.69, 9.17) is 10.5 Å². The van der Waals surface area contributed by atoms with Crippen molar-refractivity contribution in [1.82, 2.24) is 0 Å². The molecule has 0 saturated carbocycles. The Morgan fingerprint density at radius 2 is 2.06 bits per heavy atom. The van der Waals surface area contributed by atoms with E-state index in [1.807, 2.05) is 0 Å². The molecule has 0 saturated heterocycles. The third kappa shape index (κ3) is 5.28. The lowest BCUT2D eigenvalue weighted by Crippen LogP contribution is -2.20. The number of benzene rings is 1. The molecule has 0 aliphatic heterocycles. The first-order valence-corrected chi connectivity index (χ1v) is 6.62. The van der Waals surface area contributed by atoms with Crippen LogP contribution in [0.15, 0.2) is 24.3 Å². The van der Waals surface area contributed by atoms with Gasteiger partial charge in [0.25, 0.3) is 0 Å². The van der Waals surface area contributed by atoms with Crippen LogP contribution in [0.1, 0.15) is 13.3 Å². The minimum Gasteiger partial charge on any atom is -0.491 e. The van der Waals surface area contributed by atoms with Crippen LogP contribution in [0.5, 0.6) is 5.75 Å². The molecule has 0 heterocycles. The van der Waals surface area contributed by atoms with Gasteiger partial charge in [0, 0.05) is 11.4 Å². The van der Waals surface area contributed by atoms with Gasteiger partial charge in [-0.3, -0.25) is 0 Å². The zero-order chi connectivity index (χ0) is 11.8. The Balaban J connectivity index is 2.20. The van der Waals surface area contributed by atoms with Gasteiger partial charge in [-0.1, -0.05) is 6.92 Å². The molecule has 0 amide bonds. The van der Waals surface area contributed by atoms with Crippen molar-refractivity contribution in [3.05, 3.63) is 24.3 Å². The average molecular weight is 241 g/mol. The first-order chi connectivity index (χ1) is 7.72. The second kappa shape index (κ2) is 7.41. The third-order valence-corrected chi connectivity index (χ3v) is 3.30. The molecule has 1 atom stereocenters. The molecule has 0 aliphatic rings. The second-order valence-corrected chi connectivity index (χ2v) is 4.76. The van der Waals surface area contributed by atoms with Crippen molar-refractivity contribution < 1.29 is 9.84 Å². The summed E-state index contributed by atoms with van der Waals surface area (Å²) in [7, 11) is 0. The van der Waals surface area contributed by atoms with Gasteiger partial charge in [0.15, 0.2) is 0 Å². The van der Waals surface area contributed by atoms with Crippen molar-refractivity contribution in [3.8, 4) is 5.75 Å². The largest absolute Gasteiger partial charge is 0.491 e. The lowest BCUT2D eigenvalue weighted by molar-refractivity contribution is 0.126. The maximum atomic E-state index is 9.62. The maximum absolute atomic E-state index is 9.62. The van der Waals surface area contributed by atoms with E-state index in [1.54, 1.807) is 36.0 Å². The monoisotopic (exact) mass is 241 g/mol. The molecule has 3 N–H and O–H groups in total. The number of aliphatic hydroxyl groups is 1. The fourth-order valence-corrected chi connectivity index (χ4v) is 1.99. The minimum absolute atomic E-state index is 0.334. The number of aliphatic hydroxyl groups excluding tert-OH is 1. The van der Waals surface area contributed by atoms with E-state index in [1.165, 1.54) is 0 Å². The minimum atomic E-state index is -0.408. The molecule has 1 aromatic rings. The van der Waals surface area contributed by atoms with Gasteiger partial charge in [0.05, 0.1) is 6.10 Å². The molecule has 0 bridgehead atoms. The van der Waals surface area contributed by atoms with Crippen LogP contribution in [0, 0.1) is 0 Å². The number of ether oxygens (including phenoxy) is 1. The zero-order valence-electron chi connectivity index (χ0n) is 9.56. The van der Waals surface area contributed by atoms with Gasteiger partial charge in [-0.05, 0) is 36.4 Å². The third-order valence-electron chi connectivity index (χ3n) is 1.98. The molecule has 0 spiro atoms. The van der Waals surface area contributed by atoms with E-state index < -0.39 is 6.10 Å². The Labute approximate surface area is 101 Å². The predicted molar refractivity (Wildman–Crippen MR) is 70.0 cm³/mol. The van der Waals surface area contributed by atoms with E-state index >= 15 is 0 Å². The molecule has 0 aliphatic carbocycles. The molecule has 90 valence electrons. The molecular weight excluding hydrogens is 222 g/mol. The Hall–Kier alpha value is -0.870. The summed E-state index contributed by atoms with van der Waals surface area (Å²) in [5.74, 6) is 2.55. The smallest absolute Gasteiger partial charge is 0.119 e. The van der Waals surface area contributed by atoms with Crippen LogP contribution in [0.2, 0.25) is 0 Å². The fourth-order valence-electron chi connectivity index (χ4n) is 1.17. The summed E-state index contributed by atoms with van der Waals surface area (Å²) in [5, 5.41) is 9.62. The van der Waals surface area contributed by atoms with Crippen molar-refractivity contribution in [1.29, 1.82) is 0 Å². The van der Waals surface area contributed by atoms with Gasteiger partial charge in [0.2, 0.25) is 0 Å². The Bertz CT molecular complexity index is 290. The normalized spacial score (nSPS) is 12.4. The summed E-state index contributed by atoms with van der Waals surface area (Å²) in [6, 6.07) is 7.18. The van der Waals surface area contributed by atoms with Gasteiger partial charge in [-0.15, -0.1) is 0 Å². The van der Waals surface area contributed by atoms with Crippen LogP contribution in [-0.4, -0.2) is 29.3 Å². The summed E-state index contributed by atoms with van der Waals surface area (Å²) < 4.78 is 5.43. The molecule has 0 fully saturated rings. The number of hydrogen-bond donors (Lipinski definition) is 2. The first kappa shape index (κ1) is 13.2. The molecular formula is C12H19NO2S. The van der Waals surface area contributed by atoms with Gasteiger partial charge < -0.3 is 15.6 Å². The summed E-state index contributed by atoms with van der Waals surface area (Å²) in [6.07, 6.45) is 0.727. The van der Waals surface area contributed by atoms with Gasteiger partial charge in [-0.25, -0.2) is 0 Å². The van der Waals surface area contributed by atoms with E-state index in [2.05, 4.69) is 6.92 Å². The highest BCUT2D eigenvalue weighted by Gasteiger charge is 2.04. The van der Waals surface area contributed by atoms with Crippen LogP contribution < -0.4 is 10.5 Å². The number of anilines is 1. The highest BCUT2D eigenvalue weighted by molar-refractivity contribution is 7.99. The van der Waals surface area contributed by atoms with Gasteiger partial charge in [0.1, 0.15) is 12.4 Å². The lowest BCUT2D eigenvalue weighted by Gasteiger charge is -2.11. The van der Waals surface area contributed by atoms with Gasteiger partial charge >= 0.3 is 0 Å². The molecule has 1 unspecified atom stereocenters. The number of thioether (sulfide) groups is 1. The number of rotatable bonds is 7. The van der Waals surface area contributed by atoms with Gasteiger partial charge in [-0.2, -0.15) is 11.8 Å². The standard InChI is InChI=1S/C12H19NO2S/c1-2-7-16-9-11(14)8-15-12-5-3-10(13)4-6-12/h3-6,11,14H,2,7-9,13H2,1H3. The maximum Gasteiger partial charge on any atom is 0.119 e. The van der Waals surface area contributed by atoms with Crippen LogP contribution in [-0.2, 0) is 0 Å². The topological polar surface area (TPSA) is 55.5 Å². The quantitative estimate of drug-likeness (QED) is 0.567. The predicted octanol–water partition coefficient (Wildman–Crippen LogP) is 2.15. The summed E-state index contributed by atoms with van der Waals surface area (Å²) >= 11 is 1.75. The van der Waals surface area contributed by atoms with Crippen molar-refractivity contribution in [2.24, 2.45) is 0 Å². The Morgan fingerprint density at radius 3 is 2.69 bits per heavy atom. The number of hydrogen-bond acceptors (Lipinski definition) is 4. The van der Waals surface area contributed by atoms with Crippen molar-refractivity contribution in [2.45, 2.75) is 19.4 Å². The lowest BCUT2D eigenvalue weighted by atomic mass is 10.3. The van der Waals surface area contributed by atoms with Crippen LogP contribution in [0.25, 0.3) is 0 Å². The highest BCUT2D eigenvalue weighted by Crippen LogP contribution is 2.14. The van der Waals surface area contributed by atoms with Crippen molar-refractivity contribution in [2.75, 3.05) is 23.8 Å². The van der Waals surface area contributed by atoms with E-state index in [9.17, 15) is 5.11 Å². The Morgan fingerprint density at radius 1 is 1.38 bits per heavy atom. The van der Waals surface area contributed by atoms with Crippen molar-refractivity contribution in [3.63, 3.8) is 0 Å². The van der Waals surface area contributed by atoms with E-state index in [-0.39, 0.29) is 0 Å². The van der Waals surface area contributed by atoms with E-state index in [0.29, 0.717) is 12.3 Å². The molecule has 1 rings (SSSR count). The molecule has 16 heavy (non-hydrogen) atoms. The molecule has 0 radical (unpaired) electrons. The fraction of sp³-hybridized carbons (Fsp3) is 0.500. The molecule has 1 aromatic carbocycles. The summed E-state index contributed by atoms with van der Waals surface area (Å²) in [5.41, 5.74) is 6.27. The summed E-state index contributed by atoms with van der Waals surface area (Å²) in [4.78, 5) is 0. The van der Waals surface area contributed by atoms with Crippen LogP contribution in [0.3, 0.4) is 0 Å². The SMILES string of the molecule is CCCSCC(O)COc1ccc(N)cc1. The first-order valence-electron chi connectivity index (χ1n) is 5.46. The molecule has 3 nitrogen and oxygen atoms in total. The number of nitrogen functional groups attached to an aromatic ring is 1. The number of nitrogens with two attached hydrogens (primary N) is 1. The van der Waals surface area contributed by atoms with Crippen molar-refractivity contribution >= 4 is 17.4 Å². The molecule has 4 heteroatoms. The second-order valence-electron chi connectivity index (χ2n) is 3.61. The summed E-state index contributed by atoms with van der Waals surface area (Å²) in [6.45, 7) is 2.46. The highest BCUT2D eigenvalue weighted by atomic mass is 32.2. The average Bonchev–Trinajstić information content (AvgIpc) is 2.29. The van der Waals surface area contributed by atoms with Crippen LogP contribution >= 0.6 is 11.8 Å². The Kier molecular flexibility index (Phi) is 6.11. The molecule has 0 aromatic heterocycles. The van der Waals surface area contributed by atoms with E-state index in [0.717, 1.165) is 23.7 Å². The van der Waals surface area contributed by atoms with Crippen LogP contribution in [0.4, 0.5) is 5.69 Å². The zero-order valence-corrected chi connectivity index (χ0v) is 10.4.